The Morgan fingerprint density at radius 1 is 1.75 bits per heavy atom. The fourth-order valence-corrected chi connectivity index (χ4v) is 2.17. The maximum absolute atomic E-state index is 11.8. The predicted octanol–water partition coefficient (Wildman–Crippen LogP) is 1.06. The lowest BCUT2D eigenvalue weighted by Gasteiger charge is -2.12. The van der Waals surface area contributed by atoms with Gasteiger partial charge in [-0.2, -0.15) is 0 Å². The summed E-state index contributed by atoms with van der Waals surface area (Å²) in [4.78, 5) is 27.4. The number of halogens is 1. The summed E-state index contributed by atoms with van der Waals surface area (Å²) in [5.41, 5.74) is 0.513. The lowest BCUT2D eigenvalue weighted by molar-refractivity contribution is -0.147. The third-order valence-electron chi connectivity index (χ3n) is 2.58. The van der Waals surface area contributed by atoms with Gasteiger partial charge in [0.2, 0.25) is 0 Å². The Morgan fingerprint density at radius 2 is 2.50 bits per heavy atom. The van der Waals surface area contributed by atoms with Crippen LogP contribution in [0, 0.1) is 0 Å². The highest BCUT2D eigenvalue weighted by Gasteiger charge is 2.31. The van der Waals surface area contributed by atoms with Gasteiger partial charge in [0.15, 0.2) is 4.60 Å². The molecule has 2 heterocycles. The molecule has 1 unspecified atom stereocenters. The zero-order chi connectivity index (χ0) is 11.7. The van der Waals surface area contributed by atoms with E-state index in [-0.39, 0.29) is 16.1 Å². The fraction of sp³-hybridized carbons (Fsp3) is 0.500. The molecule has 0 radical (unpaired) electrons. The van der Waals surface area contributed by atoms with Crippen molar-refractivity contribution >= 4 is 21.9 Å². The van der Waals surface area contributed by atoms with Gasteiger partial charge in [0.25, 0.3) is 5.56 Å². The molecule has 16 heavy (non-hydrogen) atoms. The van der Waals surface area contributed by atoms with Gasteiger partial charge >= 0.3 is 5.97 Å². The number of hydrogen-bond donors (Lipinski definition) is 0. The Hall–Kier alpha value is -1.17. The van der Waals surface area contributed by atoms with Gasteiger partial charge in [0, 0.05) is 11.9 Å². The third kappa shape index (κ3) is 1.77. The van der Waals surface area contributed by atoms with Crippen molar-refractivity contribution in [3.8, 4) is 0 Å². The molecule has 1 aromatic heterocycles. The molecule has 6 heteroatoms. The lowest BCUT2D eigenvalue weighted by atomic mass is 10.2. The summed E-state index contributed by atoms with van der Waals surface area (Å²) >= 11 is 3.07. The molecular formula is C10H11BrN2O3. The van der Waals surface area contributed by atoms with E-state index >= 15 is 0 Å². The first-order valence-electron chi connectivity index (χ1n) is 5.07. The molecule has 0 amide bonds. The van der Waals surface area contributed by atoms with Gasteiger partial charge in [0.05, 0.1) is 6.61 Å². The third-order valence-corrected chi connectivity index (χ3v) is 3.12. The SMILES string of the molecule is CCOC(=O)C1CCc2cnc(Br)c(=O)n21. The number of fused-ring (bicyclic) bond motifs is 1. The van der Waals surface area contributed by atoms with Crippen LogP contribution < -0.4 is 5.56 Å². The van der Waals surface area contributed by atoms with Crippen LogP contribution in [0.4, 0.5) is 0 Å². The number of nitrogens with zero attached hydrogens (tertiary/aromatic N) is 2. The Balaban J connectivity index is 2.42. The highest BCUT2D eigenvalue weighted by molar-refractivity contribution is 9.10. The van der Waals surface area contributed by atoms with Gasteiger partial charge in [-0.1, -0.05) is 0 Å². The average Bonchev–Trinajstić information content (AvgIpc) is 2.68. The van der Waals surface area contributed by atoms with Gasteiger partial charge in [-0.3, -0.25) is 9.36 Å². The van der Waals surface area contributed by atoms with Crippen LogP contribution >= 0.6 is 15.9 Å². The molecule has 1 aliphatic rings. The van der Waals surface area contributed by atoms with Gasteiger partial charge in [-0.15, -0.1) is 0 Å². The molecule has 0 N–H and O–H groups in total. The van der Waals surface area contributed by atoms with Gasteiger partial charge < -0.3 is 4.74 Å². The second-order valence-corrected chi connectivity index (χ2v) is 4.27. The molecule has 0 aromatic carbocycles. The Bertz CT molecular complexity index is 483. The summed E-state index contributed by atoms with van der Waals surface area (Å²) in [6.07, 6.45) is 2.90. The lowest BCUT2D eigenvalue weighted by Crippen LogP contribution is -2.29. The molecule has 0 saturated heterocycles. The van der Waals surface area contributed by atoms with Crippen molar-refractivity contribution in [3.63, 3.8) is 0 Å². The van der Waals surface area contributed by atoms with E-state index < -0.39 is 6.04 Å². The summed E-state index contributed by atoms with van der Waals surface area (Å²) in [6.45, 7) is 2.07. The summed E-state index contributed by atoms with van der Waals surface area (Å²) in [6, 6.07) is -0.498. The largest absolute Gasteiger partial charge is 0.464 e. The molecule has 0 bridgehead atoms. The van der Waals surface area contributed by atoms with Gasteiger partial charge in [0.1, 0.15) is 6.04 Å². The summed E-state index contributed by atoms with van der Waals surface area (Å²) in [7, 11) is 0. The van der Waals surface area contributed by atoms with E-state index in [0.29, 0.717) is 19.4 Å². The van der Waals surface area contributed by atoms with Crippen LogP contribution in [0.5, 0.6) is 0 Å². The van der Waals surface area contributed by atoms with E-state index in [1.54, 1.807) is 13.1 Å². The molecular weight excluding hydrogens is 276 g/mol. The number of rotatable bonds is 2. The number of aryl methyl sites for hydroxylation is 1. The first kappa shape index (κ1) is 11.3. The van der Waals surface area contributed by atoms with Crippen LogP contribution in [0.25, 0.3) is 0 Å². The Kier molecular flexibility index (Phi) is 3.09. The maximum Gasteiger partial charge on any atom is 0.329 e. The molecule has 0 aliphatic carbocycles. The second-order valence-electron chi connectivity index (χ2n) is 3.52. The number of carbonyl (C=O) groups excluding carboxylic acids is 1. The number of esters is 1. The quantitative estimate of drug-likeness (QED) is 0.763. The Morgan fingerprint density at radius 3 is 3.19 bits per heavy atom. The summed E-state index contributed by atoms with van der Waals surface area (Å²) in [5.74, 6) is -0.346. The second kappa shape index (κ2) is 4.37. The highest BCUT2D eigenvalue weighted by Crippen LogP contribution is 2.24. The van der Waals surface area contributed by atoms with E-state index in [1.165, 1.54) is 4.57 Å². The normalized spacial score (nSPS) is 18.2. The molecule has 1 atom stereocenters. The van der Waals surface area contributed by atoms with Gasteiger partial charge in [-0.25, -0.2) is 9.78 Å². The zero-order valence-corrected chi connectivity index (χ0v) is 10.4. The van der Waals surface area contributed by atoms with Crippen LogP contribution in [0.15, 0.2) is 15.6 Å². The number of aromatic nitrogens is 2. The first-order chi connectivity index (χ1) is 7.65. The fourth-order valence-electron chi connectivity index (χ4n) is 1.88. The Labute approximate surface area is 101 Å². The van der Waals surface area contributed by atoms with Crippen LogP contribution in [0.2, 0.25) is 0 Å². The van der Waals surface area contributed by atoms with E-state index in [0.717, 1.165) is 5.69 Å². The van der Waals surface area contributed by atoms with Crippen LogP contribution in [-0.4, -0.2) is 22.1 Å². The predicted molar refractivity (Wildman–Crippen MR) is 60.2 cm³/mol. The van der Waals surface area contributed by atoms with Crippen molar-refractivity contribution in [3.05, 3.63) is 26.8 Å². The highest BCUT2D eigenvalue weighted by atomic mass is 79.9. The summed E-state index contributed by atoms with van der Waals surface area (Å²) in [5, 5.41) is 0. The van der Waals surface area contributed by atoms with Crippen molar-refractivity contribution in [2.24, 2.45) is 0 Å². The van der Waals surface area contributed by atoms with E-state index in [2.05, 4.69) is 20.9 Å². The summed E-state index contributed by atoms with van der Waals surface area (Å²) < 4.78 is 6.64. The van der Waals surface area contributed by atoms with E-state index in [4.69, 9.17) is 4.74 Å². The molecule has 0 saturated carbocycles. The molecule has 2 rings (SSSR count). The van der Waals surface area contributed by atoms with E-state index in [9.17, 15) is 9.59 Å². The van der Waals surface area contributed by atoms with Crippen molar-refractivity contribution < 1.29 is 9.53 Å². The number of ether oxygens (including phenoxy) is 1. The maximum atomic E-state index is 11.8. The molecule has 1 aliphatic heterocycles. The van der Waals surface area contributed by atoms with Crippen molar-refractivity contribution in [2.75, 3.05) is 6.61 Å². The van der Waals surface area contributed by atoms with Crippen LogP contribution in [0.3, 0.4) is 0 Å². The minimum Gasteiger partial charge on any atom is -0.464 e. The first-order valence-corrected chi connectivity index (χ1v) is 5.87. The zero-order valence-electron chi connectivity index (χ0n) is 8.77. The number of hydrogen-bond acceptors (Lipinski definition) is 4. The van der Waals surface area contributed by atoms with Gasteiger partial charge in [-0.05, 0) is 35.7 Å². The van der Waals surface area contributed by atoms with Crippen molar-refractivity contribution in [1.82, 2.24) is 9.55 Å². The smallest absolute Gasteiger partial charge is 0.329 e. The molecule has 5 nitrogen and oxygen atoms in total. The number of carbonyl (C=O) groups is 1. The van der Waals surface area contributed by atoms with Crippen LogP contribution in [-0.2, 0) is 16.0 Å². The molecule has 1 aromatic rings. The van der Waals surface area contributed by atoms with Crippen molar-refractivity contribution in [2.45, 2.75) is 25.8 Å². The minimum atomic E-state index is -0.498. The van der Waals surface area contributed by atoms with Crippen LogP contribution in [0.1, 0.15) is 25.1 Å². The van der Waals surface area contributed by atoms with E-state index in [1.807, 2.05) is 0 Å². The molecule has 0 spiro atoms. The molecule has 86 valence electrons. The molecule has 0 fully saturated rings. The monoisotopic (exact) mass is 286 g/mol. The standard InChI is InChI=1S/C10H11BrN2O3/c1-2-16-10(15)7-4-3-6-5-12-8(11)9(14)13(6)7/h5,7H,2-4H2,1H3. The average molecular weight is 287 g/mol. The van der Waals surface area contributed by atoms with Crippen molar-refractivity contribution in [1.29, 1.82) is 0 Å². The minimum absolute atomic E-state index is 0.229. The topological polar surface area (TPSA) is 61.2 Å².